The Hall–Kier alpha value is -1.64. The molecule has 0 amide bonds. The SMILES string of the molecule is [O-][N+]1(Cc2ccccc2)CCC[C@@H]1CCCCc1ccccc1. The molecular weight excluding hydrogens is 282 g/mol. The van der Waals surface area contributed by atoms with Gasteiger partial charge in [0.05, 0.1) is 12.6 Å². The Labute approximate surface area is 139 Å². The molecular formula is C21H27NO. The van der Waals surface area contributed by atoms with Crippen molar-refractivity contribution in [1.29, 1.82) is 0 Å². The standard InChI is InChI=1S/C21H27NO/c23-22(18-20-13-5-2-6-14-20)17-9-16-21(22)15-8-7-12-19-10-3-1-4-11-19/h1-6,10-11,13-14,21H,7-9,12,15-18H2/t21-,22?/m0/s1. The highest BCUT2D eigenvalue weighted by molar-refractivity contribution is 5.15. The Bertz CT molecular complexity index is 583. The lowest BCUT2D eigenvalue weighted by Crippen LogP contribution is -2.45. The Morgan fingerprint density at radius 3 is 2.22 bits per heavy atom. The molecule has 2 heteroatoms. The fourth-order valence-corrected chi connectivity index (χ4v) is 3.85. The predicted molar refractivity (Wildman–Crippen MR) is 95.7 cm³/mol. The number of quaternary nitrogens is 1. The van der Waals surface area contributed by atoms with Crippen LogP contribution < -0.4 is 0 Å². The summed E-state index contributed by atoms with van der Waals surface area (Å²) in [5, 5.41) is 13.2. The van der Waals surface area contributed by atoms with E-state index in [-0.39, 0.29) is 4.65 Å². The van der Waals surface area contributed by atoms with Gasteiger partial charge < -0.3 is 9.85 Å². The summed E-state index contributed by atoms with van der Waals surface area (Å²) in [6, 6.07) is 21.2. The van der Waals surface area contributed by atoms with Crippen molar-refractivity contribution in [2.75, 3.05) is 6.54 Å². The minimum atomic E-state index is -0.00461. The Balaban J connectivity index is 1.48. The van der Waals surface area contributed by atoms with Gasteiger partial charge in [0.1, 0.15) is 6.54 Å². The quantitative estimate of drug-likeness (QED) is 0.397. The molecule has 23 heavy (non-hydrogen) atoms. The molecule has 122 valence electrons. The van der Waals surface area contributed by atoms with Crippen LogP contribution in [-0.2, 0) is 13.0 Å². The molecule has 3 rings (SSSR count). The van der Waals surface area contributed by atoms with Gasteiger partial charge in [-0.2, -0.15) is 0 Å². The minimum Gasteiger partial charge on any atom is -0.632 e. The van der Waals surface area contributed by atoms with Crippen molar-refractivity contribution in [2.24, 2.45) is 0 Å². The number of benzene rings is 2. The van der Waals surface area contributed by atoms with Gasteiger partial charge >= 0.3 is 0 Å². The number of rotatable bonds is 7. The van der Waals surface area contributed by atoms with Crippen LogP contribution in [0.25, 0.3) is 0 Å². The molecule has 2 atom stereocenters. The second kappa shape index (κ2) is 7.76. The molecule has 1 fully saturated rings. The second-order valence-corrected chi connectivity index (χ2v) is 6.85. The molecule has 2 aromatic carbocycles. The first kappa shape index (κ1) is 16.2. The van der Waals surface area contributed by atoms with Gasteiger partial charge in [0.25, 0.3) is 0 Å². The summed E-state index contributed by atoms with van der Waals surface area (Å²) in [6.45, 7) is 1.43. The summed E-state index contributed by atoms with van der Waals surface area (Å²) >= 11 is 0. The lowest BCUT2D eigenvalue weighted by molar-refractivity contribution is -0.906. The van der Waals surface area contributed by atoms with Gasteiger partial charge in [-0.25, -0.2) is 0 Å². The first-order chi connectivity index (χ1) is 11.3. The van der Waals surface area contributed by atoms with E-state index in [0.717, 1.165) is 38.6 Å². The zero-order valence-corrected chi connectivity index (χ0v) is 13.9. The van der Waals surface area contributed by atoms with Crippen LogP contribution in [0.15, 0.2) is 60.7 Å². The maximum Gasteiger partial charge on any atom is 0.104 e. The Morgan fingerprint density at radius 1 is 0.870 bits per heavy atom. The van der Waals surface area contributed by atoms with E-state index in [1.165, 1.54) is 17.5 Å². The van der Waals surface area contributed by atoms with Crippen LogP contribution in [0.1, 0.15) is 43.2 Å². The molecule has 0 saturated carbocycles. The van der Waals surface area contributed by atoms with Gasteiger partial charge in [-0.15, -0.1) is 0 Å². The third kappa shape index (κ3) is 4.43. The van der Waals surface area contributed by atoms with E-state index in [1.807, 2.05) is 18.2 Å². The van der Waals surface area contributed by atoms with E-state index >= 15 is 0 Å². The zero-order chi connectivity index (χ0) is 16.0. The number of hydroxylamine groups is 3. The molecule has 0 N–H and O–H groups in total. The molecule has 0 spiro atoms. The second-order valence-electron chi connectivity index (χ2n) is 6.85. The minimum absolute atomic E-state index is 0.00461. The van der Waals surface area contributed by atoms with Crippen LogP contribution in [0.2, 0.25) is 0 Å². The van der Waals surface area contributed by atoms with E-state index in [4.69, 9.17) is 0 Å². The molecule has 1 saturated heterocycles. The summed E-state index contributed by atoms with van der Waals surface area (Å²) in [5.74, 6) is 0. The van der Waals surface area contributed by atoms with Crippen molar-refractivity contribution >= 4 is 0 Å². The lowest BCUT2D eigenvalue weighted by Gasteiger charge is -2.44. The van der Waals surface area contributed by atoms with Crippen molar-refractivity contribution in [3.8, 4) is 0 Å². The number of hydrogen-bond donors (Lipinski definition) is 0. The number of likely N-dealkylation sites (tertiary alicyclic amines) is 1. The van der Waals surface area contributed by atoms with Crippen LogP contribution >= 0.6 is 0 Å². The maximum absolute atomic E-state index is 13.2. The smallest absolute Gasteiger partial charge is 0.104 e. The highest BCUT2D eigenvalue weighted by Gasteiger charge is 2.34. The van der Waals surface area contributed by atoms with Gasteiger partial charge in [0, 0.05) is 18.4 Å². The van der Waals surface area contributed by atoms with Crippen molar-refractivity contribution in [1.82, 2.24) is 0 Å². The van der Waals surface area contributed by atoms with E-state index in [0.29, 0.717) is 12.6 Å². The number of hydrogen-bond acceptors (Lipinski definition) is 1. The third-order valence-corrected chi connectivity index (χ3v) is 5.13. The molecule has 0 aliphatic carbocycles. The van der Waals surface area contributed by atoms with Gasteiger partial charge in [0.15, 0.2) is 0 Å². The first-order valence-corrected chi connectivity index (χ1v) is 8.92. The van der Waals surface area contributed by atoms with Gasteiger partial charge in [-0.3, -0.25) is 0 Å². The zero-order valence-electron chi connectivity index (χ0n) is 13.9. The summed E-state index contributed by atoms with van der Waals surface area (Å²) < 4.78 is -0.00461. The molecule has 1 aliphatic heterocycles. The van der Waals surface area contributed by atoms with Crippen molar-refractivity contribution < 1.29 is 4.65 Å². The fraction of sp³-hybridized carbons (Fsp3) is 0.429. The third-order valence-electron chi connectivity index (χ3n) is 5.13. The van der Waals surface area contributed by atoms with E-state index < -0.39 is 0 Å². The predicted octanol–water partition coefficient (Wildman–Crippen LogP) is 5.08. The summed E-state index contributed by atoms with van der Waals surface area (Å²) in [5.41, 5.74) is 2.59. The summed E-state index contributed by atoms with van der Waals surface area (Å²) in [4.78, 5) is 0. The van der Waals surface area contributed by atoms with Crippen molar-refractivity contribution in [3.05, 3.63) is 77.0 Å². The van der Waals surface area contributed by atoms with Crippen LogP contribution in [0.3, 0.4) is 0 Å². The molecule has 0 bridgehead atoms. The van der Waals surface area contributed by atoms with E-state index in [1.54, 1.807) is 0 Å². The van der Waals surface area contributed by atoms with Crippen molar-refractivity contribution in [3.63, 3.8) is 0 Å². The van der Waals surface area contributed by atoms with E-state index in [9.17, 15) is 5.21 Å². The first-order valence-electron chi connectivity index (χ1n) is 8.92. The van der Waals surface area contributed by atoms with Crippen LogP contribution in [0.5, 0.6) is 0 Å². The van der Waals surface area contributed by atoms with Crippen LogP contribution in [0.4, 0.5) is 0 Å². The molecule has 2 nitrogen and oxygen atoms in total. The molecule has 2 aromatic rings. The maximum atomic E-state index is 13.2. The molecule has 0 radical (unpaired) electrons. The van der Waals surface area contributed by atoms with E-state index in [2.05, 4.69) is 42.5 Å². The average molecular weight is 309 g/mol. The molecule has 1 unspecified atom stereocenters. The normalized spacial score (nSPS) is 24.0. The fourth-order valence-electron chi connectivity index (χ4n) is 3.85. The van der Waals surface area contributed by atoms with Gasteiger partial charge in [-0.1, -0.05) is 60.7 Å². The van der Waals surface area contributed by atoms with Crippen LogP contribution in [-0.4, -0.2) is 17.2 Å². The lowest BCUT2D eigenvalue weighted by atomic mass is 10.0. The highest BCUT2D eigenvalue weighted by Crippen LogP contribution is 2.32. The highest BCUT2D eigenvalue weighted by atomic mass is 16.5. The molecule has 1 heterocycles. The average Bonchev–Trinajstić information content (AvgIpc) is 2.94. The van der Waals surface area contributed by atoms with Crippen LogP contribution in [0, 0.1) is 5.21 Å². The largest absolute Gasteiger partial charge is 0.632 e. The molecule has 1 aliphatic rings. The topological polar surface area (TPSA) is 23.1 Å². The summed E-state index contributed by atoms with van der Waals surface area (Å²) in [7, 11) is 0. The number of unbranched alkanes of at least 4 members (excludes halogenated alkanes) is 1. The monoisotopic (exact) mass is 309 g/mol. The Kier molecular flexibility index (Phi) is 5.47. The number of aryl methyl sites for hydroxylation is 1. The summed E-state index contributed by atoms with van der Waals surface area (Å²) in [6.07, 6.45) is 6.73. The van der Waals surface area contributed by atoms with Crippen molar-refractivity contribution in [2.45, 2.75) is 51.1 Å². The number of nitrogens with zero attached hydrogens (tertiary/aromatic N) is 1. The molecule has 0 aromatic heterocycles. The van der Waals surface area contributed by atoms with Gasteiger partial charge in [0.2, 0.25) is 0 Å². The Morgan fingerprint density at radius 2 is 1.52 bits per heavy atom. The van der Waals surface area contributed by atoms with Gasteiger partial charge in [-0.05, 0) is 31.2 Å².